The van der Waals surface area contributed by atoms with Gasteiger partial charge in [0, 0.05) is 24.5 Å². The Morgan fingerprint density at radius 3 is 2.65 bits per heavy atom. The second-order valence-electron chi connectivity index (χ2n) is 5.41. The molecule has 2 rings (SSSR count). The Morgan fingerprint density at radius 2 is 2.05 bits per heavy atom. The summed E-state index contributed by atoms with van der Waals surface area (Å²) in [5.74, 6) is 0. The van der Waals surface area contributed by atoms with Crippen molar-refractivity contribution < 1.29 is 8.42 Å². The predicted octanol–water partition coefficient (Wildman–Crippen LogP) is 2.73. The normalized spacial score (nSPS) is 17.2. The van der Waals surface area contributed by atoms with Crippen LogP contribution in [0.1, 0.15) is 43.0 Å². The number of rotatable bonds is 6. The predicted molar refractivity (Wildman–Crippen MR) is 83.6 cm³/mol. The van der Waals surface area contributed by atoms with E-state index in [0.29, 0.717) is 11.4 Å². The zero-order chi connectivity index (χ0) is 14.8. The van der Waals surface area contributed by atoms with Gasteiger partial charge in [0.25, 0.3) is 0 Å². The lowest BCUT2D eigenvalue weighted by atomic mass is 10.3. The molecule has 0 bridgehead atoms. The SMILES string of the molecule is CCNCc1scc(C)c1S(=O)(=O)N(C)C1CCCC1. The molecule has 0 saturated heterocycles. The molecule has 0 amide bonds. The van der Waals surface area contributed by atoms with Gasteiger partial charge >= 0.3 is 0 Å². The average molecular weight is 316 g/mol. The van der Waals surface area contributed by atoms with Gasteiger partial charge in [-0.05, 0) is 37.3 Å². The van der Waals surface area contributed by atoms with Crippen LogP contribution in [0.5, 0.6) is 0 Å². The number of sulfonamides is 1. The minimum Gasteiger partial charge on any atom is -0.312 e. The van der Waals surface area contributed by atoms with Gasteiger partial charge in [0.1, 0.15) is 4.90 Å². The largest absolute Gasteiger partial charge is 0.312 e. The highest BCUT2D eigenvalue weighted by atomic mass is 32.2. The molecular formula is C14H24N2O2S2. The van der Waals surface area contributed by atoms with Crippen LogP contribution in [-0.2, 0) is 16.6 Å². The monoisotopic (exact) mass is 316 g/mol. The van der Waals surface area contributed by atoms with Crippen LogP contribution < -0.4 is 5.32 Å². The zero-order valence-corrected chi connectivity index (χ0v) is 14.1. The van der Waals surface area contributed by atoms with Crippen molar-refractivity contribution >= 4 is 21.4 Å². The number of thiophene rings is 1. The van der Waals surface area contributed by atoms with Gasteiger partial charge in [-0.3, -0.25) is 0 Å². The highest BCUT2D eigenvalue weighted by Crippen LogP contribution is 2.33. The zero-order valence-electron chi connectivity index (χ0n) is 12.5. The third-order valence-electron chi connectivity index (χ3n) is 4.00. The van der Waals surface area contributed by atoms with E-state index in [0.717, 1.165) is 42.7 Å². The standard InChI is InChI=1S/C14H24N2O2S2/c1-4-15-9-13-14(11(2)10-19-13)20(17,18)16(3)12-7-5-6-8-12/h10,12,15H,4-9H2,1-3H3. The van der Waals surface area contributed by atoms with Crippen molar-refractivity contribution in [1.82, 2.24) is 9.62 Å². The summed E-state index contributed by atoms with van der Waals surface area (Å²) < 4.78 is 27.4. The molecule has 1 N–H and O–H groups in total. The maximum absolute atomic E-state index is 12.9. The van der Waals surface area contributed by atoms with E-state index in [9.17, 15) is 8.42 Å². The minimum atomic E-state index is -3.37. The molecule has 1 fully saturated rings. The molecule has 1 aliphatic carbocycles. The van der Waals surface area contributed by atoms with Crippen molar-refractivity contribution in [3.05, 3.63) is 15.8 Å². The number of nitrogens with one attached hydrogen (secondary N) is 1. The summed E-state index contributed by atoms with van der Waals surface area (Å²) in [5.41, 5.74) is 0.868. The first-order valence-electron chi connectivity index (χ1n) is 7.24. The average Bonchev–Trinajstić information content (AvgIpc) is 3.04. The van der Waals surface area contributed by atoms with Gasteiger partial charge in [-0.2, -0.15) is 4.31 Å². The summed E-state index contributed by atoms with van der Waals surface area (Å²) in [7, 11) is -1.63. The van der Waals surface area contributed by atoms with Crippen LogP contribution in [0.3, 0.4) is 0 Å². The number of nitrogens with zero attached hydrogens (tertiary/aromatic N) is 1. The van der Waals surface area contributed by atoms with Crippen LogP contribution in [0.15, 0.2) is 10.3 Å². The molecule has 1 saturated carbocycles. The first-order valence-corrected chi connectivity index (χ1v) is 9.56. The van der Waals surface area contributed by atoms with Gasteiger partial charge in [-0.15, -0.1) is 11.3 Å². The van der Waals surface area contributed by atoms with Crippen molar-refractivity contribution in [1.29, 1.82) is 0 Å². The van der Waals surface area contributed by atoms with Gasteiger partial charge in [-0.25, -0.2) is 8.42 Å². The Morgan fingerprint density at radius 1 is 1.40 bits per heavy atom. The lowest BCUT2D eigenvalue weighted by Gasteiger charge is -2.24. The van der Waals surface area contributed by atoms with Gasteiger partial charge in [-0.1, -0.05) is 19.8 Å². The fourth-order valence-electron chi connectivity index (χ4n) is 2.80. The minimum absolute atomic E-state index is 0.172. The summed E-state index contributed by atoms with van der Waals surface area (Å²) in [4.78, 5) is 1.45. The summed E-state index contributed by atoms with van der Waals surface area (Å²) in [6, 6.07) is 0.172. The van der Waals surface area contributed by atoms with Crippen molar-refractivity contribution in [3.8, 4) is 0 Å². The lowest BCUT2D eigenvalue weighted by Crippen LogP contribution is -2.36. The number of aryl methyl sites for hydroxylation is 1. The topological polar surface area (TPSA) is 49.4 Å². The molecule has 1 aromatic rings. The Balaban J connectivity index is 2.30. The van der Waals surface area contributed by atoms with Crippen LogP contribution in [0.2, 0.25) is 0 Å². The van der Waals surface area contributed by atoms with E-state index >= 15 is 0 Å². The Labute approximate surface area is 126 Å². The fraction of sp³-hybridized carbons (Fsp3) is 0.714. The van der Waals surface area contributed by atoms with Crippen LogP contribution in [0.25, 0.3) is 0 Å². The van der Waals surface area contributed by atoms with Crippen LogP contribution in [0.4, 0.5) is 0 Å². The van der Waals surface area contributed by atoms with Crippen LogP contribution in [0, 0.1) is 6.92 Å². The fourth-order valence-corrected chi connectivity index (χ4v) is 5.94. The maximum Gasteiger partial charge on any atom is 0.244 e. The maximum atomic E-state index is 12.9. The Kier molecular flexibility index (Phi) is 5.23. The molecule has 0 atom stereocenters. The van der Waals surface area contributed by atoms with Crippen molar-refractivity contribution in [2.45, 2.75) is 57.0 Å². The third-order valence-corrected chi connectivity index (χ3v) is 7.38. The van der Waals surface area contributed by atoms with Gasteiger partial charge in [0.2, 0.25) is 10.0 Å². The van der Waals surface area contributed by atoms with Crippen molar-refractivity contribution in [2.24, 2.45) is 0 Å². The molecule has 6 heteroatoms. The van der Waals surface area contributed by atoms with Crippen LogP contribution in [-0.4, -0.2) is 32.4 Å². The molecule has 114 valence electrons. The Hall–Kier alpha value is -0.430. The second-order valence-corrected chi connectivity index (χ2v) is 8.31. The molecule has 0 aliphatic heterocycles. The molecular weight excluding hydrogens is 292 g/mol. The van der Waals surface area contributed by atoms with E-state index in [1.807, 2.05) is 19.2 Å². The summed E-state index contributed by atoms with van der Waals surface area (Å²) in [5, 5.41) is 5.17. The molecule has 1 heterocycles. The molecule has 1 aliphatic rings. The van der Waals surface area contributed by atoms with Crippen molar-refractivity contribution in [2.75, 3.05) is 13.6 Å². The van der Waals surface area contributed by atoms with Gasteiger partial charge < -0.3 is 5.32 Å². The van der Waals surface area contributed by atoms with Gasteiger partial charge in [0.05, 0.1) is 0 Å². The molecule has 0 unspecified atom stereocenters. The lowest BCUT2D eigenvalue weighted by molar-refractivity contribution is 0.372. The highest BCUT2D eigenvalue weighted by Gasteiger charge is 2.33. The summed E-state index contributed by atoms with van der Waals surface area (Å²) in [6.45, 7) is 5.39. The third kappa shape index (κ3) is 3.08. The van der Waals surface area contributed by atoms with E-state index in [1.54, 1.807) is 11.4 Å². The van der Waals surface area contributed by atoms with Crippen molar-refractivity contribution in [3.63, 3.8) is 0 Å². The molecule has 20 heavy (non-hydrogen) atoms. The van der Waals surface area contributed by atoms with E-state index in [4.69, 9.17) is 0 Å². The molecule has 0 spiro atoms. The second kappa shape index (κ2) is 6.56. The highest BCUT2D eigenvalue weighted by molar-refractivity contribution is 7.89. The van der Waals surface area contributed by atoms with Crippen LogP contribution >= 0.6 is 11.3 Å². The molecule has 4 nitrogen and oxygen atoms in total. The van der Waals surface area contributed by atoms with Gasteiger partial charge in [0.15, 0.2) is 0 Å². The smallest absolute Gasteiger partial charge is 0.244 e. The summed E-state index contributed by atoms with van der Waals surface area (Å²) in [6.07, 6.45) is 4.25. The van der Waals surface area contributed by atoms with E-state index < -0.39 is 10.0 Å². The summed E-state index contributed by atoms with van der Waals surface area (Å²) >= 11 is 1.53. The first kappa shape index (κ1) is 15.9. The van der Waals surface area contributed by atoms with E-state index in [1.165, 1.54) is 11.3 Å². The molecule has 1 aromatic heterocycles. The Bertz CT molecular complexity index is 546. The van der Waals surface area contributed by atoms with E-state index in [-0.39, 0.29) is 6.04 Å². The quantitative estimate of drug-likeness (QED) is 0.878. The van der Waals surface area contributed by atoms with E-state index in [2.05, 4.69) is 5.32 Å². The molecule has 0 aromatic carbocycles. The number of hydrogen-bond acceptors (Lipinski definition) is 4. The number of hydrogen-bond donors (Lipinski definition) is 1. The first-order chi connectivity index (χ1) is 9.48. The molecule has 0 radical (unpaired) electrons.